The minimum atomic E-state index is -0.321. The Morgan fingerprint density at radius 1 is 1.25 bits per heavy atom. The van der Waals surface area contributed by atoms with Crippen molar-refractivity contribution in [2.24, 2.45) is 5.92 Å². The number of aromatic nitrogens is 2. The average Bonchev–Trinajstić information content (AvgIpc) is 2.44. The second-order valence-electron chi connectivity index (χ2n) is 5.17. The number of likely N-dealkylation sites (N-methyl/N-ethyl adjacent to an activating group) is 1. The van der Waals surface area contributed by atoms with Gasteiger partial charge in [0, 0.05) is 12.4 Å². The van der Waals surface area contributed by atoms with E-state index in [1.54, 1.807) is 7.05 Å². The second-order valence-corrected chi connectivity index (χ2v) is 5.17. The van der Waals surface area contributed by atoms with Crippen molar-refractivity contribution in [1.82, 2.24) is 15.3 Å². The Morgan fingerprint density at radius 3 is 2.65 bits per heavy atom. The van der Waals surface area contributed by atoms with Crippen molar-refractivity contribution in [1.29, 1.82) is 0 Å². The van der Waals surface area contributed by atoms with E-state index in [4.69, 9.17) is 0 Å². The summed E-state index contributed by atoms with van der Waals surface area (Å²) in [4.78, 5) is 20.5. The molecule has 1 amide bonds. The smallest absolute Gasteiger partial charge is 0.242 e. The number of nitrogens with zero attached hydrogens (tertiary/aromatic N) is 2. The zero-order chi connectivity index (χ0) is 14.7. The first-order chi connectivity index (χ1) is 9.54. The average molecular weight is 272 g/mol. The van der Waals surface area contributed by atoms with E-state index < -0.39 is 0 Å². The van der Waals surface area contributed by atoms with E-state index in [2.05, 4.69) is 20.6 Å². The molecule has 0 saturated heterocycles. The van der Waals surface area contributed by atoms with Gasteiger partial charge >= 0.3 is 0 Å². The summed E-state index contributed by atoms with van der Waals surface area (Å²) in [6.07, 6.45) is 1.53. The van der Waals surface area contributed by atoms with Crippen LogP contribution >= 0.6 is 0 Å². The lowest BCUT2D eigenvalue weighted by Crippen LogP contribution is -2.41. The van der Waals surface area contributed by atoms with Gasteiger partial charge in [0.15, 0.2) is 0 Å². The number of carbonyl (C=O) groups excluding carboxylic acids is 1. The van der Waals surface area contributed by atoms with Crippen molar-refractivity contribution in [2.45, 2.75) is 26.8 Å². The highest BCUT2D eigenvalue weighted by Gasteiger charge is 2.22. The van der Waals surface area contributed by atoms with Crippen LogP contribution < -0.4 is 10.6 Å². The number of nitrogens with one attached hydrogen (secondary N) is 2. The van der Waals surface area contributed by atoms with Crippen LogP contribution in [0.3, 0.4) is 0 Å². The third kappa shape index (κ3) is 2.71. The Balaban J connectivity index is 2.43. The van der Waals surface area contributed by atoms with Gasteiger partial charge in [-0.3, -0.25) is 4.79 Å². The third-order valence-corrected chi connectivity index (χ3v) is 3.35. The van der Waals surface area contributed by atoms with Crippen LogP contribution in [0.5, 0.6) is 0 Å². The van der Waals surface area contributed by atoms with E-state index in [0.717, 1.165) is 16.5 Å². The molecule has 20 heavy (non-hydrogen) atoms. The highest BCUT2D eigenvalue weighted by molar-refractivity contribution is 5.93. The summed E-state index contributed by atoms with van der Waals surface area (Å²) >= 11 is 0. The lowest BCUT2D eigenvalue weighted by molar-refractivity contribution is -0.122. The fourth-order valence-corrected chi connectivity index (χ4v) is 2.19. The van der Waals surface area contributed by atoms with Crippen molar-refractivity contribution >= 4 is 22.6 Å². The molecule has 0 radical (unpaired) electrons. The molecule has 5 nitrogen and oxygen atoms in total. The van der Waals surface area contributed by atoms with Crippen molar-refractivity contribution in [3.05, 3.63) is 30.1 Å². The number of hydrogen-bond donors (Lipinski definition) is 2. The Labute approximate surface area is 118 Å². The molecule has 2 aromatic rings. The summed E-state index contributed by atoms with van der Waals surface area (Å²) in [6, 6.07) is 5.62. The number of para-hydroxylation sites is 1. The molecule has 0 bridgehead atoms. The largest absolute Gasteiger partial charge is 0.358 e. The summed E-state index contributed by atoms with van der Waals surface area (Å²) in [6.45, 7) is 6.01. The number of aryl methyl sites for hydroxylation is 1. The Bertz CT molecular complexity index is 624. The second kappa shape index (κ2) is 5.86. The van der Waals surface area contributed by atoms with Gasteiger partial charge < -0.3 is 10.6 Å². The minimum absolute atomic E-state index is 0.0422. The van der Waals surface area contributed by atoms with Crippen molar-refractivity contribution < 1.29 is 4.79 Å². The van der Waals surface area contributed by atoms with Gasteiger partial charge in [-0.1, -0.05) is 26.0 Å². The number of benzene rings is 1. The maximum Gasteiger partial charge on any atom is 0.242 e. The maximum atomic E-state index is 11.9. The first kappa shape index (κ1) is 14.2. The summed E-state index contributed by atoms with van der Waals surface area (Å²) in [7, 11) is 1.64. The molecule has 0 fully saturated rings. The van der Waals surface area contributed by atoms with Gasteiger partial charge in [-0.2, -0.15) is 0 Å². The first-order valence-corrected chi connectivity index (χ1v) is 6.73. The van der Waals surface area contributed by atoms with Crippen molar-refractivity contribution in [3.8, 4) is 0 Å². The van der Waals surface area contributed by atoms with E-state index >= 15 is 0 Å². The monoisotopic (exact) mass is 272 g/mol. The van der Waals surface area contributed by atoms with Crippen molar-refractivity contribution in [2.75, 3.05) is 12.4 Å². The van der Waals surface area contributed by atoms with Gasteiger partial charge in [-0.05, 0) is 24.5 Å². The van der Waals surface area contributed by atoms with E-state index in [1.807, 2.05) is 39.0 Å². The van der Waals surface area contributed by atoms with Crippen LogP contribution in [0.15, 0.2) is 24.5 Å². The minimum Gasteiger partial charge on any atom is -0.358 e. The normalized spacial score (nSPS) is 12.4. The number of amides is 1. The van der Waals surface area contributed by atoms with Gasteiger partial charge in [0.2, 0.25) is 5.91 Å². The highest BCUT2D eigenvalue weighted by atomic mass is 16.2. The topological polar surface area (TPSA) is 66.9 Å². The van der Waals surface area contributed by atoms with E-state index in [9.17, 15) is 4.79 Å². The summed E-state index contributed by atoms with van der Waals surface area (Å²) in [5.74, 6) is 0.810. The molecule has 0 aliphatic rings. The van der Waals surface area contributed by atoms with Crippen LogP contribution in [0.2, 0.25) is 0 Å². The van der Waals surface area contributed by atoms with Crippen LogP contribution in [0.4, 0.5) is 5.82 Å². The molecular weight excluding hydrogens is 252 g/mol. The van der Waals surface area contributed by atoms with Gasteiger partial charge in [0.05, 0.1) is 5.52 Å². The molecule has 0 aliphatic carbocycles. The predicted molar refractivity (Wildman–Crippen MR) is 80.6 cm³/mol. The molecule has 2 N–H and O–H groups in total. The van der Waals surface area contributed by atoms with Gasteiger partial charge in [-0.15, -0.1) is 0 Å². The van der Waals surface area contributed by atoms with Crippen LogP contribution in [0.1, 0.15) is 19.4 Å². The molecule has 106 valence electrons. The molecule has 1 heterocycles. The Morgan fingerprint density at radius 2 is 2.00 bits per heavy atom. The SMILES string of the molecule is CNC(=O)C(Nc1ncnc2c(C)cccc12)C(C)C. The summed E-state index contributed by atoms with van der Waals surface area (Å²) in [5.41, 5.74) is 2.00. The predicted octanol–water partition coefficient (Wildman–Crippen LogP) is 2.12. The van der Waals surface area contributed by atoms with Crippen LogP contribution in [-0.4, -0.2) is 29.0 Å². The lowest BCUT2D eigenvalue weighted by atomic mass is 10.0. The van der Waals surface area contributed by atoms with Crippen LogP contribution in [-0.2, 0) is 4.79 Å². The van der Waals surface area contributed by atoms with E-state index in [0.29, 0.717) is 5.82 Å². The van der Waals surface area contributed by atoms with E-state index in [-0.39, 0.29) is 17.9 Å². The summed E-state index contributed by atoms with van der Waals surface area (Å²) < 4.78 is 0. The third-order valence-electron chi connectivity index (χ3n) is 3.35. The zero-order valence-electron chi connectivity index (χ0n) is 12.3. The molecule has 0 aliphatic heterocycles. The van der Waals surface area contributed by atoms with Gasteiger partial charge in [0.1, 0.15) is 18.2 Å². The van der Waals surface area contributed by atoms with Crippen LogP contribution in [0.25, 0.3) is 10.9 Å². The fraction of sp³-hybridized carbons (Fsp3) is 0.400. The standard InChI is InChI=1S/C15H20N4O/c1-9(2)12(15(20)16-4)19-14-11-7-5-6-10(3)13(11)17-8-18-14/h5-9,12H,1-4H3,(H,16,20)(H,17,18,19). The Kier molecular flexibility index (Phi) is 4.17. The quantitative estimate of drug-likeness (QED) is 0.894. The fourth-order valence-electron chi connectivity index (χ4n) is 2.19. The highest BCUT2D eigenvalue weighted by Crippen LogP contribution is 2.23. The zero-order valence-corrected chi connectivity index (χ0v) is 12.3. The molecule has 1 unspecified atom stereocenters. The van der Waals surface area contributed by atoms with Gasteiger partial charge in [-0.25, -0.2) is 9.97 Å². The molecule has 2 rings (SSSR count). The molecule has 5 heteroatoms. The molecule has 0 spiro atoms. The van der Waals surface area contributed by atoms with Crippen molar-refractivity contribution in [3.63, 3.8) is 0 Å². The van der Waals surface area contributed by atoms with E-state index in [1.165, 1.54) is 6.33 Å². The maximum absolute atomic E-state index is 11.9. The Hall–Kier alpha value is -2.17. The molecule has 1 aromatic heterocycles. The number of fused-ring (bicyclic) bond motifs is 1. The first-order valence-electron chi connectivity index (χ1n) is 6.73. The number of anilines is 1. The van der Waals surface area contributed by atoms with Crippen LogP contribution in [0, 0.1) is 12.8 Å². The van der Waals surface area contributed by atoms with Gasteiger partial charge in [0.25, 0.3) is 0 Å². The lowest BCUT2D eigenvalue weighted by Gasteiger charge is -2.22. The number of carbonyl (C=O) groups is 1. The number of hydrogen-bond acceptors (Lipinski definition) is 4. The molecular formula is C15H20N4O. The molecule has 1 aromatic carbocycles. The molecule has 0 saturated carbocycles. The molecule has 1 atom stereocenters. The number of rotatable bonds is 4. The summed E-state index contributed by atoms with van der Waals surface area (Å²) in [5, 5.41) is 6.85.